The second-order valence-electron chi connectivity index (χ2n) is 6.60. The number of methoxy groups -OCH3 is 1. The number of hydrogen-bond donors (Lipinski definition) is 1. The van der Waals surface area contributed by atoms with Crippen molar-refractivity contribution in [2.24, 2.45) is 0 Å². The molecular weight excluding hydrogens is 344 g/mol. The lowest BCUT2D eigenvalue weighted by atomic mass is 10.1. The normalized spacial score (nSPS) is 11.0. The molecule has 1 amide bonds. The monoisotopic (exact) mass is 366 g/mol. The highest BCUT2D eigenvalue weighted by atomic mass is 16.5. The van der Waals surface area contributed by atoms with E-state index in [-0.39, 0.29) is 17.9 Å². The van der Waals surface area contributed by atoms with Crippen LogP contribution in [0.4, 0.5) is 0 Å². The number of ether oxygens (including phenoxy) is 1. The predicted molar refractivity (Wildman–Crippen MR) is 102 cm³/mol. The van der Waals surface area contributed by atoms with Gasteiger partial charge in [0.2, 0.25) is 0 Å². The number of nitrogens with one attached hydrogen (secondary N) is 1. The molecule has 2 heterocycles. The minimum Gasteiger partial charge on any atom is -0.465 e. The van der Waals surface area contributed by atoms with Gasteiger partial charge in [0.25, 0.3) is 5.91 Å². The summed E-state index contributed by atoms with van der Waals surface area (Å²) in [5.41, 5.74) is 3.38. The molecule has 1 aromatic carbocycles. The first-order valence-electron chi connectivity index (χ1n) is 8.71. The Morgan fingerprint density at radius 2 is 1.93 bits per heavy atom. The standard InChI is InChI=1S/C20H22N4O3/c1-12(2)24-18-17(11-22-24)16(9-13(3)23-18)19(25)21-10-14-5-7-15(8-6-14)20(26)27-4/h5-9,11-12H,10H2,1-4H3,(H,21,25). The Labute approximate surface area is 157 Å². The van der Waals surface area contributed by atoms with Crippen LogP contribution < -0.4 is 5.32 Å². The Kier molecular flexibility index (Phi) is 5.21. The molecule has 7 heteroatoms. The number of nitrogens with zero attached hydrogens (tertiary/aromatic N) is 3. The van der Waals surface area contributed by atoms with E-state index in [0.29, 0.717) is 23.3 Å². The average molecular weight is 366 g/mol. The highest BCUT2D eigenvalue weighted by molar-refractivity contribution is 6.05. The maximum Gasteiger partial charge on any atom is 0.337 e. The fraction of sp³-hybridized carbons (Fsp3) is 0.300. The van der Waals surface area contributed by atoms with Crippen LogP contribution in [-0.2, 0) is 11.3 Å². The van der Waals surface area contributed by atoms with Crippen LogP contribution in [0.3, 0.4) is 0 Å². The Morgan fingerprint density at radius 3 is 2.56 bits per heavy atom. The van der Waals surface area contributed by atoms with Crippen LogP contribution in [0.5, 0.6) is 0 Å². The molecule has 0 saturated carbocycles. The number of aryl methyl sites for hydroxylation is 1. The summed E-state index contributed by atoms with van der Waals surface area (Å²) in [6.45, 7) is 6.25. The van der Waals surface area contributed by atoms with Crippen LogP contribution in [0.1, 0.15) is 51.9 Å². The van der Waals surface area contributed by atoms with Crippen molar-refractivity contribution in [2.75, 3.05) is 7.11 Å². The molecule has 7 nitrogen and oxygen atoms in total. The molecule has 0 aliphatic carbocycles. The smallest absolute Gasteiger partial charge is 0.337 e. The molecule has 3 rings (SSSR count). The van der Waals surface area contributed by atoms with Gasteiger partial charge in [-0.1, -0.05) is 12.1 Å². The molecule has 0 unspecified atom stereocenters. The lowest BCUT2D eigenvalue weighted by Gasteiger charge is -2.10. The van der Waals surface area contributed by atoms with E-state index in [1.807, 2.05) is 25.5 Å². The minimum atomic E-state index is -0.387. The molecule has 0 saturated heterocycles. The van der Waals surface area contributed by atoms with Gasteiger partial charge in [-0.05, 0) is 44.5 Å². The molecule has 0 atom stereocenters. The maximum absolute atomic E-state index is 12.7. The largest absolute Gasteiger partial charge is 0.465 e. The quantitative estimate of drug-likeness (QED) is 0.702. The molecule has 140 valence electrons. The molecular formula is C20H22N4O3. The van der Waals surface area contributed by atoms with Crippen molar-refractivity contribution in [2.45, 2.75) is 33.4 Å². The number of rotatable bonds is 5. The van der Waals surface area contributed by atoms with E-state index in [9.17, 15) is 9.59 Å². The Hall–Kier alpha value is -3.22. The number of carbonyl (C=O) groups excluding carboxylic acids is 2. The van der Waals surface area contributed by atoms with Crippen molar-refractivity contribution < 1.29 is 14.3 Å². The van der Waals surface area contributed by atoms with Gasteiger partial charge < -0.3 is 10.1 Å². The highest BCUT2D eigenvalue weighted by Crippen LogP contribution is 2.21. The number of fused-ring (bicyclic) bond motifs is 1. The first kappa shape index (κ1) is 18.6. The van der Waals surface area contributed by atoms with E-state index in [0.717, 1.165) is 16.6 Å². The fourth-order valence-electron chi connectivity index (χ4n) is 2.86. The summed E-state index contributed by atoms with van der Waals surface area (Å²) in [4.78, 5) is 28.7. The van der Waals surface area contributed by atoms with Crippen molar-refractivity contribution >= 4 is 22.9 Å². The molecule has 0 aliphatic rings. The number of aromatic nitrogens is 3. The summed E-state index contributed by atoms with van der Waals surface area (Å²) in [5, 5.41) is 8.01. The van der Waals surface area contributed by atoms with Crippen LogP contribution in [0, 0.1) is 6.92 Å². The Bertz CT molecular complexity index is 990. The zero-order chi connectivity index (χ0) is 19.6. The van der Waals surface area contributed by atoms with Gasteiger partial charge in [-0.2, -0.15) is 5.10 Å². The van der Waals surface area contributed by atoms with Crippen LogP contribution in [0.25, 0.3) is 11.0 Å². The van der Waals surface area contributed by atoms with E-state index in [1.54, 1.807) is 36.5 Å². The van der Waals surface area contributed by atoms with Gasteiger partial charge in [0.1, 0.15) is 0 Å². The first-order valence-corrected chi connectivity index (χ1v) is 8.71. The first-order chi connectivity index (χ1) is 12.9. The van der Waals surface area contributed by atoms with Gasteiger partial charge in [0.05, 0.1) is 29.8 Å². The number of pyridine rings is 1. The Balaban J connectivity index is 1.79. The number of esters is 1. The van der Waals surface area contributed by atoms with Crippen molar-refractivity contribution in [3.63, 3.8) is 0 Å². The topological polar surface area (TPSA) is 86.1 Å². The molecule has 0 aliphatic heterocycles. The lowest BCUT2D eigenvalue weighted by molar-refractivity contribution is 0.0600. The van der Waals surface area contributed by atoms with E-state index < -0.39 is 0 Å². The van der Waals surface area contributed by atoms with E-state index in [2.05, 4.69) is 20.1 Å². The minimum absolute atomic E-state index is 0.154. The van der Waals surface area contributed by atoms with Crippen molar-refractivity contribution in [1.82, 2.24) is 20.1 Å². The summed E-state index contributed by atoms with van der Waals surface area (Å²) >= 11 is 0. The third kappa shape index (κ3) is 3.81. The van der Waals surface area contributed by atoms with Gasteiger partial charge in [0.15, 0.2) is 5.65 Å². The average Bonchev–Trinajstić information content (AvgIpc) is 3.09. The zero-order valence-electron chi connectivity index (χ0n) is 15.8. The summed E-state index contributed by atoms with van der Waals surface area (Å²) < 4.78 is 6.49. The van der Waals surface area contributed by atoms with Gasteiger partial charge >= 0.3 is 5.97 Å². The third-order valence-electron chi connectivity index (χ3n) is 4.26. The lowest BCUT2D eigenvalue weighted by Crippen LogP contribution is -2.23. The molecule has 0 fully saturated rings. The molecule has 1 N–H and O–H groups in total. The van der Waals surface area contributed by atoms with Gasteiger partial charge in [-0.25, -0.2) is 14.5 Å². The number of hydrogen-bond acceptors (Lipinski definition) is 5. The molecule has 2 aromatic heterocycles. The van der Waals surface area contributed by atoms with Crippen LogP contribution in [0.2, 0.25) is 0 Å². The molecule has 3 aromatic rings. The zero-order valence-corrected chi connectivity index (χ0v) is 15.8. The fourth-order valence-corrected chi connectivity index (χ4v) is 2.86. The van der Waals surface area contributed by atoms with E-state index in [1.165, 1.54) is 7.11 Å². The highest BCUT2D eigenvalue weighted by Gasteiger charge is 2.16. The summed E-state index contributed by atoms with van der Waals surface area (Å²) in [7, 11) is 1.34. The third-order valence-corrected chi connectivity index (χ3v) is 4.26. The molecule has 0 bridgehead atoms. The van der Waals surface area contributed by atoms with Crippen LogP contribution in [0.15, 0.2) is 36.5 Å². The maximum atomic E-state index is 12.7. The van der Waals surface area contributed by atoms with Gasteiger partial charge in [0, 0.05) is 18.3 Å². The van der Waals surface area contributed by atoms with E-state index in [4.69, 9.17) is 0 Å². The second-order valence-corrected chi connectivity index (χ2v) is 6.60. The van der Waals surface area contributed by atoms with E-state index >= 15 is 0 Å². The second kappa shape index (κ2) is 7.57. The SMILES string of the molecule is COC(=O)c1ccc(CNC(=O)c2cc(C)nc3c2cnn3C(C)C)cc1. The molecule has 0 radical (unpaired) electrons. The van der Waals surface area contributed by atoms with Gasteiger partial charge in [-0.3, -0.25) is 4.79 Å². The predicted octanol–water partition coefficient (Wildman–Crippen LogP) is 3.04. The number of benzene rings is 1. The number of carbonyl (C=O) groups is 2. The van der Waals surface area contributed by atoms with Crippen LogP contribution in [-0.4, -0.2) is 33.8 Å². The molecule has 0 spiro atoms. The summed E-state index contributed by atoms with van der Waals surface area (Å²) in [6.07, 6.45) is 1.68. The Morgan fingerprint density at radius 1 is 1.22 bits per heavy atom. The van der Waals surface area contributed by atoms with Crippen molar-refractivity contribution in [1.29, 1.82) is 0 Å². The number of amides is 1. The summed E-state index contributed by atoms with van der Waals surface area (Å²) in [5.74, 6) is -0.576. The summed E-state index contributed by atoms with van der Waals surface area (Å²) in [6, 6.07) is 8.85. The van der Waals surface area contributed by atoms with Crippen molar-refractivity contribution in [3.05, 3.63) is 58.9 Å². The van der Waals surface area contributed by atoms with Gasteiger partial charge in [-0.15, -0.1) is 0 Å². The van der Waals surface area contributed by atoms with Crippen molar-refractivity contribution in [3.8, 4) is 0 Å². The molecule has 27 heavy (non-hydrogen) atoms. The van der Waals surface area contributed by atoms with Crippen LogP contribution >= 0.6 is 0 Å².